The lowest BCUT2D eigenvalue weighted by Crippen LogP contribution is -2.26. The summed E-state index contributed by atoms with van der Waals surface area (Å²) in [5, 5.41) is 0.588. The average molecular weight is 306 g/mol. The maximum absolute atomic E-state index is 13.1. The zero-order valence-electron chi connectivity index (χ0n) is 9.54. The van der Waals surface area contributed by atoms with E-state index in [1.807, 2.05) is 17.8 Å². The summed E-state index contributed by atoms with van der Waals surface area (Å²) in [5.74, 6) is 0.694. The maximum atomic E-state index is 13.1. The molecule has 16 heavy (non-hydrogen) atoms. The number of hydrogen-bond donors (Lipinski definition) is 1. The Morgan fingerprint density at radius 3 is 2.62 bits per heavy atom. The summed E-state index contributed by atoms with van der Waals surface area (Å²) < 4.78 is 13.9. The fraction of sp³-hybridized carbons (Fsp3) is 0.500. The van der Waals surface area contributed by atoms with Gasteiger partial charge in [-0.2, -0.15) is 11.8 Å². The largest absolute Gasteiger partial charge is 0.327 e. The highest BCUT2D eigenvalue weighted by molar-refractivity contribution is 9.10. The molecule has 1 atom stereocenters. The van der Waals surface area contributed by atoms with E-state index in [0.29, 0.717) is 5.25 Å². The zero-order valence-corrected chi connectivity index (χ0v) is 11.9. The molecule has 0 radical (unpaired) electrons. The fourth-order valence-corrected chi connectivity index (χ4v) is 2.67. The molecule has 0 spiro atoms. The maximum Gasteiger partial charge on any atom is 0.124 e. The normalized spacial score (nSPS) is 13.1. The van der Waals surface area contributed by atoms with Crippen molar-refractivity contribution in [3.8, 4) is 0 Å². The highest BCUT2D eigenvalue weighted by atomic mass is 79.9. The summed E-state index contributed by atoms with van der Waals surface area (Å²) in [6, 6.07) is 5.01. The first-order valence-corrected chi connectivity index (χ1v) is 7.13. The van der Waals surface area contributed by atoms with Crippen LogP contribution < -0.4 is 5.73 Å². The Morgan fingerprint density at radius 2 is 2.06 bits per heavy atom. The second-order valence-electron chi connectivity index (χ2n) is 4.12. The Hall–Kier alpha value is -0.0600. The fourth-order valence-electron chi connectivity index (χ4n) is 1.41. The minimum atomic E-state index is -0.215. The third kappa shape index (κ3) is 5.32. The van der Waals surface area contributed by atoms with Crippen molar-refractivity contribution in [3.05, 3.63) is 34.1 Å². The van der Waals surface area contributed by atoms with E-state index >= 15 is 0 Å². The molecule has 0 aromatic heterocycles. The van der Waals surface area contributed by atoms with E-state index in [1.165, 1.54) is 6.07 Å². The van der Waals surface area contributed by atoms with E-state index in [2.05, 4.69) is 29.8 Å². The number of rotatable bonds is 5. The van der Waals surface area contributed by atoms with Crippen molar-refractivity contribution in [3.63, 3.8) is 0 Å². The van der Waals surface area contributed by atoms with E-state index < -0.39 is 0 Å². The van der Waals surface area contributed by atoms with Crippen LogP contribution in [0.25, 0.3) is 0 Å². The predicted molar refractivity (Wildman–Crippen MR) is 73.4 cm³/mol. The summed E-state index contributed by atoms with van der Waals surface area (Å²) in [6.45, 7) is 4.30. The van der Waals surface area contributed by atoms with Crippen molar-refractivity contribution in [2.45, 2.75) is 31.6 Å². The zero-order chi connectivity index (χ0) is 12.1. The Kier molecular flexibility index (Phi) is 5.79. The first-order chi connectivity index (χ1) is 7.47. The molecule has 0 heterocycles. The standard InChI is InChI=1S/C12H17BrFNS/c1-8(2)16-7-12(15)5-9-3-10(13)6-11(14)4-9/h3-4,6,8,12H,5,7,15H2,1-2H3. The molecule has 0 saturated carbocycles. The molecular formula is C12H17BrFNS. The Bertz CT molecular complexity index is 324. The van der Waals surface area contributed by atoms with Crippen LogP contribution in [0.4, 0.5) is 4.39 Å². The van der Waals surface area contributed by atoms with Crippen LogP contribution in [0.2, 0.25) is 0 Å². The molecule has 1 aromatic carbocycles. The molecule has 90 valence electrons. The van der Waals surface area contributed by atoms with E-state index in [-0.39, 0.29) is 11.9 Å². The summed E-state index contributed by atoms with van der Waals surface area (Å²) in [4.78, 5) is 0. The second kappa shape index (κ2) is 6.62. The van der Waals surface area contributed by atoms with Gasteiger partial charge in [0.15, 0.2) is 0 Å². The molecule has 1 nitrogen and oxygen atoms in total. The molecule has 1 rings (SSSR count). The minimum absolute atomic E-state index is 0.0844. The van der Waals surface area contributed by atoms with Gasteiger partial charge in [0.25, 0.3) is 0 Å². The van der Waals surface area contributed by atoms with Gasteiger partial charge in [-0.1, -0.05) is 29.8 Å². The van der Waals surface area contributed by atoms with Gasteiger partial charge < -0.3 is 5.73 Å². The third-order valence-electron chi connectivity index (χ3n) is 2.06. The highest BCUT2D eigenvalue weighted by Crippen LogP contribution is 2.17. The van der Waals surface area contributed by atoms with Gasteiger partial charge in [0.05, 0.1) is 0 Å². The number of benzene rings is 1. The topological polar surface area (TPSA) is 26.0 Å². The van der Waals surface area contributed by atoms with E-state index in [1.54, 1.807) is 6.07 Å². The highest BCUT2D eigenvalue weighted by Gasteiger charge is 2.07. The molecule has 4 heteroatoms. The molecule has 0 fully saturated rings. The first kappa shape index (κ1) is 14.0. The van der Waals surface area contributed by atoms with Crippen molar-refractivity contribution in [1.29, 1.82) is 0 Å². The van der Waals surface area contributed by atoms with E-state index in [4.69, 9.17) is 5.73 Å². The van der Waals surface area contributed by atoms with Crippen molar-refractivity contribution < 1.29 is 4.39 Å². The number of halogens is 2. The molecule has 1 aromatic rings. The molecule has 0 aliphatic carbocycles. The first-order valence-electron chi connectivity index (χ1n) is 5.29. The van der Waals surface area contributed by atoms with Crippen LogP contribution in [0.5, 0.6) is 0 Å². The van der Waals surface area contributed by atoms with Crippen LogP contribution in [0.1, 0.15) is 19.4 Å². The van der Waals surface area contributed by atoms with Crippen LogP contribution in [-0.2, 0) is 6.42 Å². The number of nitrogens with two attached hydrogens (primary N) is 1. The van der Waals surface area contributed by atoms with Gasteiger partial charge in [-0.05, 0) is 35.4 Å². The van der Waals surface area contributed by atoms with Gasteiger partial charge in [0, 0.05) is 16.3 Å². The lowest BCUT2D eigenvalue weighted by Gasteiger charge is -2.13. The second-order valence-corrected chi connectivity index (χ2v) is 6.65. The van der Waals surface area contributed by atoms with Crippen LogP contribution in [0.3, 0.4) is 0 Å². The molecule has 2 N–H and O–H groups in total. The molecule has 1 unspecified atom stereocenters. The average Bonchev–Trinajstić information content (AvgIpc) is 2.12. The number of thioether (sulfide) groups is 1. The molecule has 0 amide bonds. The molecule has 0 saturated heterocycles. The monoisotopic (exact) mass is 305 g/mol. The van der Waals surface area contributed by atoms with Gasteiger partial charge in [0.1, 0.15) is 5.82 Å². The van der Waals surface area contributed by atoms with Crippen molar-refractivity contribution in [2.24, 2.45) is 5.73 Å². The van der Waals surface area contributed by atoms with Gasteiger partial charge >= 0.3 is 0 Å². The molecule has 0 bridgehead atoms. The third-order valence-corrected chi connectivity index (χ3v) is 3.81. The molecule has 0 aliphatic rings. The predicted octanol–water partition coefficient (Wildman–Crippen LogP) is 3.60. The quantitative estimate of drug-likeness (QED) is 0.899. The van der Waals surface area contributed by atoms with Crippen molar-refractivity contribution >= 4 is 27.7 Å². The van der Waals surface area contributed by atoms with E-state index in [9.17, 15) is 4.39 Å². The Balaban J connectivity index is 2.52. The Labute approximate surface area is 109 Å². The summed E-state index contributed by atoms with van der Waals surface area (Å²) >= 11 is 5.12. The summed E-state index contributed by atoms with van der Waals surface area (Å²) in [7, 11) is 0. The van der Waals surface area contributed by atoms with Gasteiger partial charge in [-0.3, -0.25) is 0 Å². The Morgan fingerprint density at radius 1 is 1.38 bits per heavy atom. The van der Waals surface area contributed by atoms with Crippen molar-refractivity contribution in [1.82, 2.24) is 0 Å². The minimum Gasteiger partial charge on any atom is -0.327 e. The number of hydrogen-bond acceptors (Lipinski definition) is 2. The lowest BCUT2D eigenvalue weighted by molar-refractivity contribution is 0.622. The van der Waals surface area contributed by atoms with Crippen molar-refractivity contribution in [2.75, 3.05) is 5.75 Å². The SMILES string of the molecule is CC(C)SCC(N)Cc1cc(F)cc(Br)c1. The smallest absolute Gasteiger partial charge is 0.124 e. The van der Waals surface area contributed by atoms with Crippen LogP contribution >= 0.6 is 27.7 Å². The van der Waals surface area contributed by atoms with Gasteiger partial charge in [-0.15, -0.1) is 0 Å². The van der Waals surface area contributed by atoms with Gasteiger partial charge in [0.2, 0.25) is 0 Å². The van der Waals surface area contributed by atoms with Gasteiger partial charge in [-0.25, -0.2) is 4.39 Å². The van der Waals surface area contributed by atoms with E-state index in [0.717, 1.165) is 22.2 Å². The molecule has 0 aliphatic heterocycles. The van der Waals surface area contributed by atoms with Crippen LogP contribution in [0, 0.1) is 5.82 Å². The summed E-state index contributed by atoms with van der Waals surface area (Å²) in [5.41, 5.74) is 6.94. The lowest BCUT2D eigenvalue weighted by atomic mass is 10.1. The molecular weight excluding hydrogens is 289 g/mol. The van der Waals surface area contributed by atoms with Crippen LogP contribution in [0.15, 0.2) is 22.7 Å². The summed E-state index contributed by atoms with van der Waals surface area (Å²) in [6.07, 6.45) is 0.718. The van der Waals surface area contributed by atoms with Crippen LogP contribution in [-0.4, -0.2) is 17.0 Å².